The lowest BCUT2D eigenvalue weighted by atomic mass is 9.94. The van der Waals surface area contributed by atoms with Crippen LogP contribution in [0.1, 0.15) is 48.6 Å². The van der Waals surface area contributed by atoms with Crippen LogP contribution in [0.2, 0.25) is 0 Å². The number of para-hydroxylation sites is 2. The van der Waals surface area contributed by atoms with Gasteiger partial charge in [-0.1, -0.05) is 55.7 Å². The Balaban J connectivity index is 1.59. The molecule has 1 aliphatic heterocycles. The number of fused-ring (bicyclic) bond motifs is 1. The molecule has 1 atom stereocenters. The maximum atomic E-state index is 14.0. The second-order valence-corrected chi connectivity index (χ2v) is 10.3. The van der Waals surface area contributed by atoms with Gasteiger partial charge >= 0.3 is 0 Å². The van der Waals surface area contributed by atoms with Crippen molar-refractivity contribution in [1.82, 2.24) is 0 Å². The van der Waals surface area contributed by atoms with Gasteiger partial charge in [-0.25, -0.2) is 0 Å². The van der Waals surface area contributed by atoms with Gasteiger partial charge < -0.3 is 4.90 Å². The molecule has 1 fully saturated rings. The predicted molar refractivity (Wildman–Crippen MR) is 133 cm³/mol. The Bertz CT molecular complexity index is 1120. The molecule has 0 radical (unpaired) electrons. The molecule has 2 aliphatic rings. The molecule has 1 saturated carbocycles. The van der Waals surface area contributed by atoms with Gasteiger partial charge in [0.1, 0.15) is 6.04 Å². The molecule has 0 N–H and O–H groups in total. The van der Waals surface area contributed by atoms with Crippen molar-refractivity contribution in [2.45, 2.75) is 50.6 Å². The van der Waals surface area contributed by atoms with Gasteiger partial charge in [0.25, 0.3) is 5.91 Å². The lowest BCUT2D eigenvalue weighted by Crippen LogP contribution is -2.45. The van der Waals surface area contributed by atoms with Gasteiger partial charge in [0.2, 0.25) is 5.91 Å². The maximum absolute atomic E-state index is 14.0. The van der Waals surface area contributed by atoms with E-state index in [1.54, 1.807) is 16.2 Å². The van der Waals surface area contributed by atoms with Crippen LogP contribution in [0.4, 0.5) is 11.4 Å². The summed E-state index contributed by atoms with van der Waals surface area (Å²) < 4.78 is 0.806. The molecule has 0 saturated heterocycles. The second kappa shape index (κ2) is 9.20. The highest BCUT2D eigenvalue weighted by Crippen LogP contribution is 2.45. The summed E-state index contributed by atoms with van der Waals surface area (Å²) >= 11 is 5.19. The van der Waals surface area contributed by atoms with Crippen LogP contribution in [-0.2, 0) is 16.0 Å². The van der Waals surface area contributed by atoms with E-state index < -0.39 is 6.04 Å². The molecule has 0 bridgehead atoms. The van der Waals surface area contributed by atoms with E-state index in [1.807, 2.05) is 70.9 Å². The largest absolute Gasteiger partial charge is 0.307 e. The van der Waals surface area contributed by atoms with Crippen molar-refractivity contribution in [2.75, 3.05) is 9.80 Å². The lowest BCUT2D eigenvalue weighted by Gasteiger charge is -2.33. The molecule has 3 aromatic rings. The average molecular weight is 509 g/mol. The summed E-state index contributed by atoms with van der Waals surface area (Å²) in [7, 11) is 0. The maximum Gasteiger partial charge on any atom is 0.255 e. The van der Waals surface area contributed by atoms with Gasteiger partial charge in [-0.15, -0.1) is 11.3 Å². The number of amides is 2. The topological polar surface area (TPSA) is 40.6 Å². The summed E-state index contributed by atoms with van der Waals surface area (Å²) in [5.74, 6) is -0.0635. The van der Waals surface area contributed by atoms with Crippen LogP contribution in [0.25, 0.3) is 0 Å². The van der Waals surface area contributed by atoms with Crippen LogP contribution in [0.3, 0.4) is 0 Å². The molecule has 1 aliphatic carbocycles. The van der Waals surface area contributed by atoms with Gasteiger partial charge in [0.05, 0.1) is 12.1 Å². The monoisotopic (exact) mass is 508 g/mol. The summed E-state index contributed by atoms with van der Waals surface area (Å²) in [5.41, 5.74) is 2.60. The Labute approximate surface area is 201 Å². The number of carbonyl (C=O) groups excluding carboxylic acids is 2. The third kappa shape index (κ3) is 3.90. The zero-order valence-electron chi connectivity index (χ0n) is 17.7. The zero-order chi connectivity index (χ0) is 22.1. The molecule has 5 rings (SSSR count). The Morgan fingerprint density at radius 1 is 1.00 bits per heavy atom. The summed E-state index contributed by atoms with van der Waals surface area (Å²) in [5, 5.41) is 1.98. The van der Waals surface area contributed by atoms with Gasteiger partial charge in [0, 0.05) is 26.6 Å². The van der Waals surface area contributed by atoms with Crippen molar-refractivity contribution >= 4 is 50.5 Å². The smallest absolute Gasteiger partial charge is 0.255 e. The number of thiophene rings is 1. The normalized spacial score (nSPS) is 18.6. The van der Waals surface area contributed by atoms with E-state index in [0.29, 0.717) is 0 Å². The van der Waals surface area contributed by atoms with Gasteiger partial charge in [-0.3, -0.25) is 14.5 Å². The Kier molecular flexibility index (Phi) is 6.15. The molecule has 164 valence electrons. The van der Waals surface area contributed by atoms with Crippen LogP contribution in [0.15, 0.2) is 70.5 Å². The minimum absolute atomic E-state index is 0.00776. The Morgan fingerprint density at radius 2 is 1.75 bits per heavy atom. The molecule has 32 heavy (non-hydrogen) atoms. The van der Waals surface area contributed by atoms with E-state index in [0.717, 1.165) is 52.0 Å². The van der Waals surface area contributed by atoms with Gasteiger partial charge in [-0.2, -0.15) is 0 Å². The third-order valence-electron chi connectivity index (χ3n) is 6.45. The van der Waals surface area contributed by atoms with Crippen LogP contribution in [-0.4, -0.2) is 17.9 Å². The standard InChI is InChI=1S/C26H25BrN2O2S/c27-21-13-5-7-15-23(21)29(24(30)17-19-11-8-16-32-19)25-20-12-4-6-14-22(20)28(26(25)31)18-9-2-1-3-10-18/h4-8,11-16,18,25H,1-3,9-10,17H2. The third-order valence-corrected chi connectivity index (χ3v) is 7.99. The minimum Gasteiger partial charge on any atom is -0.307 e. The minimum atomic E-state index is -0.653. The van der Waals surface area contributed by atoms with E-state index in [-0.39, 0.29) is 24.3 Å². The number of rotatable bonds is 5. The van der Waals surface area contributed by atoms with E-state index in [2.05, 4.69) is 15.9 Å². The first kappa shape index (κ1) is 21.4. The van der Waals surface area contributed by atoms with E-state index in [1.165, 1.54) is 6.42 Å². The first-order valence-electron chi connectivity index (χ1n) is 11.2. The molecule has 0 spiro atoms. The predicted octanol–water partition coefficient (Wildman–Crippen LogP) is 6.51. The number of halogens is 1. The highest BCUT2D eigenvalue weighted by atomic mass is 79.9. The number of nitrogens with zero attached hydrogens (tertiary/aromatic N) is 2. The number of carbonyl (C=O) groups is 2. The van der Waals surface area contributed by atoms with E-state index in [9.17, 15) is 9.59 Å². The molecule has 2 amide bonds. The molecular weight excluding hydrogens is 484 g/mol. The summed E-state index contributed by atoms with van der Waals surface area (Å²) in [4.78, 5) is 32.4. The van der Waals surface area contributed by atoms with Crippen molar-refractivity contribution < 1.29 is 9.59 Å². The lowest BCUT2D eigenvalue weighted by molar-refractivity contribution is -0.124. The van der Waals surface area contributed by atoms with Crippen molar-refractivity contribution in [3.8, 4) is 0 Å². The van der Waals surface area contributed by atoms with Crippen LogP contribution >= 0.6 is 27.3 Å². The van der Waals surface area contributed by atoms with Crippen molar-refractivity contribution in [1.29, 1.82) is 0 Å². The van der Waals surface area contributed by atoms with Crippen molar-refractivity contribution in [3.05, 3.63) is 81.0 Å². The highest BCUT2D eigenvalue weighted by Gasteiger charge is 2.46. The van der Waals surface area contributed by atoms with E-state index in [4.69, 9.17) is 0 Å². The quantitative estimate of drug-likeness (QED) is 0.394. The molecule has 4 nitrogen and oxygen atoms in total. The molecular formula is C26H25BrN2O2S. The molecule has 2 aromatic carbocycles. The van der Waals surface area contributed by atoms with Crippen LogP contribution in [0, 0.1) is 0 Å². The number of hydrogen-bond acceptors (Lipinski definition) is 3. The Morgan fingerprint density at radius 3 is 2.50 bits per heavy atom. The summed E-state index contributed by atoms with van der Waals surface area (Å²) in [6.07, 6.45) is 5.83. The molecule has 1 aromatic heterocycles. The fourth-order valence-corrected chi connectivity index (χ4v) is 6.17. The highest BCUT2D eigenvalue weighted by molar-refractivity contribution is 9.10. The summed E-state index contributed by atoms with van der Waals surface area (Å²) in [6.45, 7) is 0. The van der Waals surface area contributed by atoms with Gasteiger partial charge in [-0.05, 0) is 58.4 Å². The molecule has 6 heteroatoms. The fraction of sp³-hybridized carbons (Fsp3) is 0.308. The van der Waals surface area contributed by atoms with Crippen LogP contribution < -0.4 is 9.80 Å². The molecule has 2 heterocycles. The van der Waals surface area contributed by atoms with E-state index >= 15 is 0 Å². The second-order valence-electron chi connectivity index (χ2n) is 8.43. The Hall–Kier alpha value is -2.44. The first-order valence-corrected chi connectivity index (χ1v) is 12.8. The first-order chi connectivity index (χ1) is 15.6. The zero-order valence-corrected chi connectivity index (χ0v) is 20.1. The van der Waals surface area contributed by atoms with Crippen molar-refractivity contribution in [3.63, 3.8) is 0 Å². The van der Waals surface area contributed by atoms with Crippen LogP contribution in [0.5, 0.6) is 0 Å². The number of benzene rings is 2. The fourth-order valence-electron chi connectivity index (χ4n) is 5.00. The number of anilines is 2. The SMILES string of the molecule is O=C1C(N(C(=O)Cc2cccs2)c2ccccc2Br)c2ccccc2N1C1CCCCC1. The summed E-state index contributed by atoms with van der Waals surface area (Å²) in [6, 6.07) is 19.1. The average Bonchev–Trinajstić information content (AvgIpc) is 3.42. The molecule has 1 unspecified atom stereocenters. The van der Waals surface area contributed by atoms with Gasteiger partial charge in [0.15, 0.2) is 0 Å². The number of hydrogen-bond donors (Lipinski definition) is 0. The van der Waals surface area contributed by atoms with Crippen molar-refractivity contribution in [2.24, 2.45) is 0 Å².